The minimum Gasteiger partial charge on any atom is -0.258 e. The Labute approximate surface area is 103 Å². The predicted octanol–water partition coefficient (Wildman–Crippen LogP) is -0.850. The van der Waals surface area contributed by atoms with Gasteiger partial charge < -0.3 is 0 Å². The van der Waals surface area contributed by atoms with Gasteiger partial charge in [0.1, 0.15) is 0 Å². The number of benzene rings is 1. The van der Waals surface area contributed by atoms with Crippen LogP contribution in [0.15, 0.2) is 28.0 Å². The zero-order chi connectivity index (χ0) is 14.1. The molecule has 18 heavy (non-hydrogen) atoms. The van der Waals surface area contributed by atoms with E-state index in [0.717, 1.165) is 19.2 Å². The maximum atomic E-state index is 11.4. The topological polar surface area (TPSA) is 149 Å². The van der Waals surface area contributed by atoms with Crippen LogP contribution in [-0.4, -0.2) is 28.8 Å². The number of hydrogen-bond acceptors (Lipinski definition) is 6. The molecular weight excluding hydrogens is 286 g/mol. The summed E-state index contributed by atoms with van der Waals surface area (Å²) in [4.78, 5) is 8.51. The van der Waals surface area contributed by atoms with Gasteiger partial charge in [0.05, 0.1) is 9.82 Å². The molecule has 0 bridgehead atoms. The standard InChI is InChI=1S/C7H9N3O6S2/c1-9-18(15,16)5-2-3-7(17(8,13)14)6(4-5)10(11)12/h2-4,9H,1H3,(H2,8,13,14). The lowest BCUT2D eigenvalue weighted by molar-refractivity contribution is -0.388. The van der Waals surface area contributed by atoms with Crippen LogP contribution in [0.25, 0.3) is 0 Å². The molecule has 0 fully saturated rings. The van der Waals surface area contributed by atoms with Crippen LogP contribution in [0.3, 0.4) is 0 Å². The van der Waals surface area contributed by atoms with Crippen LogP contribution < -0.4 is 9.86 Å². The fourth-order valence-corrected chi connectivity index (χ4v) is 2.60. The third kappa shape index (κ3) is 2.81. The van der Waals surface area contributed by atoms with E-state index in [1.165, 1.54) is 0 Å². The molecule has 1 rings (SSSR count). The van der Waals surface area contributed by atoms with Crippen molar-refractivity contribution in [3.63, 3.8) is 0 Å². The van der Waals surface area contributed by atoms with Crippen molar-refractivity contribution in [3.8, 4) is 0 Å². The molecule has 0 radical (unpaired) electrons. The predicted molar refractivity (Wildman–Crippen MR) is 60.7 cm³/mol. The Morgan fingerprint density at radius 3 is 2.22 bits per heavy atom. The van der Waals surface area contributed by atoms with Gasteiger partial charge in [0, 0.05) is 6.07 Å². The first-order valence-corrected chi connectivity index (χ1v) is 7.37. The molecule has 0 spiro atoms. The maximum absolute atomic E-state index is 11.4. The molecule has 0 aliphatic carbocycles. The molecule has 0 aliphatic rings. The second-order valence-electron chi connectivity index (χ2n) is 3.14. The van der Waals surface area contributed by atoms with Crippen molar-refractivity contribution in [2.24, 2.45) is 5.14 Å². The molecule has 0 aromatic heterocycles. The highest BCUT2D eigenvalue weighted by atomic mass is 32.2. The van der Waals surface area contributed by atoms with Crippen LogP contribution in [0.5, 0.6) is 0 Å². The second kappa shape index (κ2) is 4.61. The Morgan fingerprint density at radius 2 is 1.83 bits per heavy atom. The monoisotopic (exact) mass is 295 g/mol. The molecule has 11 heteroatoms. The first kappa shape index (κ1) is 14.5. The number of nitro benzene ring substituents is 1. The molecule has 0 atom stereocenters. The van der Waals surface area contributed by atoms with Crippen molar-refractivity contribution in [2.45, 2.75) is 9.79 Å². The SMILES string of the molecule is CNS(=O)(=O)c1ccc(S(N)(=O)=O)c([N+](=O)[O-])c1. The van der Waals surface area contributed by atoms with E-state index in [9.17, 15) is 26.9 Å². The smallest absolute Gasteiger partial charge is 0.258 e. The van der Waals surface area contributed by atoms with Gasteiger partial charge in [-0.1, -0.05) is 0 Å². The highest BCUT2D eigenvalue weighted by molar-refractivity contribution is 7.89. The average molecular weight is 295 g/mol. The molecule has 3 N–H and O–H groups in total. The zero-order valence-corrected chi connectivity index (χ0v) is 10.7. The molecule has 0 saturated heterocycles. The van der Waals surface area contributed by atoms with Crippen molar-refractivity contribution in [1.82, 2.24) is 4.72 Å². The van der Waals surface area contributed by atoms with E-state index < -0.39 is 40.4 Å². The molecule has 0 unspecified atom stereocenters. The number of rotatable bonds is 4. The van der Waals surface area contributed by atoms with Gasteiger partial charge in [-0.15, -0.1) is 0 Å². The van der Waals surface area contributed by atoms with E-state index in [1.54, 1.807) is 0 Å². The molecule has 9 nitrogen and oxygen atoms in total. The van der Waals surface area contributed by atoms with Gasteiger partial charge in [-0.05, 0) is 19.2 Å². The van der Waals surface area contributed by atoms with Gasteiger partial charge >= 0.3 is 0 Å². The average Bonchev–Trinajstić information content (AvgIpc) is 2.27. The van der Waals surface area contributed by atoms with Crippen LogP contribution >= 0.6 is 0 Å². The van der Waals surface area contributed by atoms with Crippen molar-refractivity contribution < 1.29 is 21.8 Å². The minimum atomic E-state index is -4.30. The van der Waals surface area contributed by atoms with Gasteiger partial charge in [-0.2, -0.15) is 0 Å². The third-order valence-electron chi connectivity index (χ3n) is 2.01. The zero-order valence-electron chi connectivity index (χ0n) is 9.02. The molecule has 1 aromatic rings. The molecule has 0 heterocycles. The Morgan fingerprint density at radius 1 is 1.28 bits per heavy atom. The maximum Gasteiger partial charge on any atom is 0.290 e. The highest BCUT2D eigenvalue weighted by Gasteiger charge is 2.25. The second-order valence-corrected chi connectivity index (χ2v) is 6.56. The summed E-state index contributed by atoms with van der Waals surface area (Å²) in [5.41, 5.74) is -0.895. The van der Waals surface area contributed by atoms with Crippen molar-refractivity contribution in [2.75, 3.05) is 7.05 Å². The summed E-state index contributed by atoms with van der Waals surface area (Å²) in [5.74, 6) is 0. The van der Waals surface area contributed by atoms with E-state index in [1.807, 2.05) is 4.72 Å². The van der Waals surface area contributed by atoms with Crippen LogP contribution in [0.1, 0.15) is 0 Å². The number of hydrogen-bond donors (Lipinski definition) is 2. The summed E-state index contributed by atoms with van der Waals surface area (Å²) < 4.78 is 47.0. The van der Waals surface area contributed by atoms with E-state index >= 15 is 0 Å². The van der Waals surface area contributed by atoms with E-state index in [-0.39, 0.29) is 0 Å². The largest absolute Gasteiger partial charge is 0.290 e. The van der Waals surface area contributed by atoms with Crippen molar-refractivity contribution >= 4 is 25.7 Å². The van der Waals surface area contributed by atoms with Crippen LogP contribution in [0.2, 0.25) is 0 Å². The molecular formula is C7H9N3O6S2. The molecule has 0 saturated carbocycles. The number of nitrogens with zero attached hydrogens (tertiary/aromatic N) is 1. The molecule has 0 amide bonds. The van der Waals surface area contributed by atoms with Gasteiger partial charge in [-0.25, -0.2) is 26.7 Å². The fraction of sp³-hybridized carbons (Fsp3) is 0.143. The summed E-state index contributed by atoms with van der Waals surface area (Å²) in [7, 11) is -7.09. The fourth-order valence-electron chi connectivity index (χ4n) is 1.17. The molecule has 1 aromatic carbocycles. The Balaban J connectivity index is 3.63. The van der Waals surface area contributed by atoms with Crippen molar-refractivity contribution in [1.29, 1.82) is 0 Å². The number of sulfonamides is 2. The number of nitrogens with two attached hydrogens (primary N) is 1. The highest BCUT2D eigenvalue weighted by Crippen LogP contribution is 2.25. The first-order chi connectivity index (χ1) is 8.09. The first-order valence-electron chi connectivity index (χ1n) is 4.34. The summed E-state index contributed by atoms with van der Waals surface area (Å²) >= 11 is 0. The summed E-state index contributed by atoms with van der Waals surface area (Å²) in [6.07, 6.45) is 0. The summed E-state index contributed by atoms with van der Waals surface area (Å²) in [5, 5.41) is 15.5. The third-order valence-corrected chi connectivity index (χ3v) is 4.38. The van der Waals surface area contributed by atoms with Crippen LogP contribution in [0, 0.1) is 10.1 Å². The van der Waals surface area contributed by atoms with Gasteiger partial charge in [0.2, 0.25) is 20.0 Å². The van der Waals surface area contributed by atoms with Crippen LogP contribution in [-0.2, 0) is 20.0 Å². The summed E-state index contributed by atoms with van der Waals surface area (Å²) in [6, 6.07) is 2.32. The lowest BCUT2D eigenvalue weighted by atomic mass is 10.3. The number of nitro groups is 1. The Hall–Kier alpha value is -1.56. The summed E-state index contributed by atoms with van der Waals surface area (Å²) in [6.45, 7) is 0. The lowest BCUT2D eigenvalue weighted by Gasteiger charge is -2.04. The number of nitrogens with one attached hydrogen (secondary N) is 1. The quantitative estimate of drug-likeness (QED) is 0.545. The van der Waals surface area contributed by atoms with Crippen molar-refractivity contribution in [3.05, 3.63) is 28.3 Å². The Bertz CT molecular complexity index is 694. The van der Waals surface area contributed by atoms with E-state index in [4.69, 9.17) is 5.14 Å². The van der Waals surface area contributed by atoms with E-state index in [0.29, 0.717) is 6.07 Å². The van der Waals surface area contributed by atoms with Gasteiger partial charge in [-0.3, -0.25) is 10.1 Å². The van der Waals surface area contributed by atoms with Crippen LogP contribution in [0.4, 0.5) is 5.69 Å². The lowest BCUT2D eigenvalue weighted by Crippen LogP contribution is -2.20. The Kier molecular flexibility index (Phi) is 3.71. The number of primary sulfonamides is 1. The van der Waals surface area contributed by atoms with E-state index in [2.05, 4.69) is 0 Å². The minimum absolute atomic E-state index is 0.427. The molecule has 0 aliphatic heterocycles. The van der Waals surface area contributed by atoms with Gasteiger partial charge in [0.15, 0.2) is 4.90 Å². The molecule has 100 valence electrons. The van der Waals surface area contributed by atoms with Gasteiger partial charge in [0.25, 0.3) is 5.69 Å². The normalized spacial score (nSPS) is 12.3.